The number of amides is 2. The van der Waals surface area contributed by atoms with Gasteiger partial charge in [0, 0.05) is 25.2 Å². The van der Waals surface area contributed by atoms with Gasteiger partial charge in [-0.1, -0.05) is 0 Å². The van der Waals surface area contributed by atoms with Crippen molar-refractivity contribution in [3.63, 3.8) is 0 Å². The molecule has 0 aromatic carbocycles. The second-order valence-electron chi connectivity index (χ2n) is 4.67. The van der Waals surface area contributed by atoms with Gasteiger partial charge in [0.2, 0.25) is 11.8 Å². The number of pyridine rings is 1. The van der Waals surface area contributed by atoms with Crippen LogP contribution < -0.4 is 16.4 Å². The molecule has 1 fully saturated rings. The smallest absolute Gasteiger partial charge is 0.250 e. The van der Waals surface area contributed by atoms with Crippen LogP contribution in [0, 0.1) is 0 Å². The molecule has 1 aromatic rings. The Morgan fingerprint density at radius 2 is 2.16 bits per heavy atom. The number of carbonyl (C=O) groups excluding carboxylic acids is 2. The van der Waals surface area contributed by atoms with E-state index in [1.807, 2.05) is 0 Å². The summed E-state index contributed by atoms with van der Waals surface area (Å²) in [5.41, 5.74) is 5.50. The van der Waals surface area contributed by atoms with Crippen LogP contribution in [0.2, 0.25) is 0 Å². The third-order valence-electron chi connectivity index (χ3n) is 2.88. The lowest BCUT2D eigenvalue weighted by atomic mass is 10.2. The van der Waals surface area contributed by atoms with E-state index in [-0.39, 0.29) is 5.91 Å². The molecule has 1 aliphatic rings. The zero-order valence-electron chi connectivity index (χ0n) is 10.7. The summed E-state index contributed by atoms with van der Waals surface area (Å²) in [5, 5.41) is 6.03. The Bertz CT molecular complexity index is 454. The second kappa shape index (κ2) is 6.17. The molecule has 0 unspecified atom stereocenters. The molecule has 2 amide bonds. The monoisotopic (exact) mass is 262 g/mol. The number of aromatic nitrogens is 1. The van der Waals surface area contributed by atoms with Gasteiger partial charge in [0.1, 0.15) is 5.82 Å². The first kappa shape index (κ1) is 13.3. The van der Waals surface area contributed by atoms with E-state index in [9.17, 15) is 9.59 Å². The molecule has 0 spiro atoms. The fraction of sp³-hybridized carbons (Fsp3) is 0.462. The summed E-state index contributed by atoms with van der Waals surface area (Å²) >= 11 is 0. The van der Waals surface area contributed by atoms with Crippen molar-refractivity contribution in [2.45, 2.75) is 31.7 Å². The number of hydrogen-bond donors (Lipinski definition) is 3. The zero-order chi connectivity index (χ0) is 13.7. The highest BCUT2D eigenvalue weighted by atomic mass is 16.2. The van der Waals surface area contributed by atoms with Crippen molar-refractivity contribution in [1.82, 2.24) is 10.3 Å². The Morgan fingerprint density at radius 1 is 1.37 bits per heavy atom. The van der Waals surface area contributed by atoms with Crippen molar-refractivity contribution >= 4 is 17.6 Å². The largest absolute Gasteiger partial charge is 0.370 e. The first-order valence-electron chi connectivity index (χ1n) is 6.44. The number of carbonyl (C=O) groups is 2. The standard InChI is InChI=1S/C13H18N4O2/c14-13(19)9-3-6-11(16-8-9)15-7-1-2-12(18)17-10-4-5-10/h3,6,8,10H,1-2,4-5,7H2,(H2,14,19)(H,15,16)(H,17,18). The van der Waals surface area contributed by atoms with Crippen LogP contribution >= 0.6 is 0 Å². The molecule has 6 nitrogen and oxygen atoms in total. The van der Waals surface area contributed by atoms with Crippen molar-refractivity contribution in [1.29, 1.82) is 0 Å². The number of nitrogens with zero attached hydrogens (tertiary/aromatic N) is 1. The molecule has 1 aliphatic carbocycles. The van der Waals surface area contributed by atoms with Gasteiger partial charge in [-0.15, -0.1) is 0 Å². The number of nitrogens with two attached hydrogens (primary N) is 1. The molecule has 19 heavy (non-hydrogen) atoms. The van der Waals surface area contributed by atoms with Crippen LogP contribution in [0.15, 0.2) is 18.3 Å². The Morgan fingerprint density at radius 3 is 2.74 bits per heavy atom. The summed E-state index contributed by atoms with van der Waals surface area (Å²) < 4.78 is 0. The van der Waals surface area contributed by atoms with E-state index >= 15 is 0 Å². The predicted octanol–water partition coefficient (Wildman–Crippen LogP) is 0.651. The Balaban J connectivity index is 1.64. The van der Waals surface area contributed by atoms with Gasteiger partial charge in [0.15, 0.2) is 0 Å². The highest BCUT2D eigenvalue weighted by molar-refractivity contribution is 5.92. The molecule has 1 heterocycles. The van der Waals surface area contributed by atoms with Gasteiger partial charge >= 0.3 is 0 Å². The topological polar surface area (TPSA) is 97.1 Å². The molecule has 6 heteroatoms. The zero-order valence-corrected chi connectivity index (χ0v) is 10.7. The molecule has 102 valence electrons. The molecule has 0 aliphatic heterocycles. The lowest BCUT2D eigenvalue weighted by Gasteiger charge is -2.06. The Kier molecular flexibility index (Phi) is 4.33. The average molecular weight is 262 g/mol. The molecule has 0 bridgehead atoms. The van der Waals surface area contributed by atoms with E-state index in [1.54, 1.807) is 12.1 Å². The van der Waals surface area contributed by atoms with E-state index in [0.717, 1.165) is 19.3 Å². The van der Waals surface area contributed by atoms with Gasteiger partial charge in [-0.3, -0.25) is 9.59 Å². The first-order valence-corrected chi connectivity index (χ1v) is 6.44. The molecule has 4 N–H and O–H groups in total. The van der Waals surface area contributed by atoms with Crippen molar-refractivity contribution in [3.8, 4) is 0 Å². The van der Waals surface area contributed by atoms with Crippen molar-refractivity contribution in [2.24, 2.45) is 5.73 Å². The predicted molar refractivity (Wildman–Crippen MR) is 71.6 cm³/mol. The molecule has 0 radical (unpaired) electrons. The molecule has 1 saturated carbocycles. The van der Waals surface area contributed by atoms with Crippen molar-refractivity contribution in [2.75, 3.05) is 11.9 Å². The lowest BCUT2D eigenvalue weighted by Crippen LogP contribution is -2.25. The molecule has 2 rings (SSSR count). The van der Waals surface area contributed by atoms with Crippen LogP contribution in [0.1, 0.15) is 36.0 Å². The maximum atomic E-state index is 11.4. The third-order valence-corrected chi connectivity index (χ3v) is 2.88. The summed E-state index contributed by atoms with van der Waals surface area (Å²) in [7, 11) is 0. The van der Waals surface area contributed by atoms with E-state index < -0.39 is 5.91 Å². The van der Waals surface area contributed by atoms with E-state index in [2.05, 4.69) is 15.6 Å². The normalized spacial score (nSPS) is 13.9. The minimum absolute atomic E-state index is 0.112. The summed E-state index contributed by atoms with van der Waals surface area (Å²) in [5.74, 6) is 0.296. The van der Waals surface area contributed by atoms with E-state index in [1.165, 1.54) is 6.20 Å². The van der Waals surface area contributed by atoms with Gasteiger partial charge in [-0.05, 0) is 31.4 Å². The van der Waals surface area contributed by atoms with E-state index in [0.29, 0.717) is 30.4 Å². The van der Waals surface area contributed by atoms with Gasteiger partial charge < -0.3 is 16.4 Å². The minimum Gasteiger partial charge on any atom is -0.370 e. The van der Waals surface area contributed by atoms with Gasteiger partial charge in [0.05, 0.1) is 5.56 Å². The number of anilines is 1. The third kappa shape index (κ3) is 4.57. The fourth-order valence-corrected chi connectivity index (χ4v) is 1.64. The first-order chi connectivity index (χ1) is 9.15. The van der Waals surface area contributed by atoms with Gasteiger partial charge in [-0.2, -0.15) is 0 Å². The second-order valence-corrected chi connectivity index (χ2v) is 4.67. The van der Waals surface area contributed by atoms with Gasteiger partial charge in [-0.25, -0.2) is 4.98 Å². The van der Waals surface area contributed by atoms with Crippen LogP contribution in [-0.4, -0.2) is 29.4 Å². The number of hydrogen-bond acceptors (Lipinski definition) is 4. The quantitative estimate of drug-likeness (QED) is 0.628. The summed E-state index contributed by atoms with van der Waals surface area (Å²) in [6.07, 6.45) is 4.92. The van der Waals surface area contributed by atoms with Crippen LogP contribution in [-0.2, 0) is 4.79 Å². The summed E-state index contributed by atoms with van der Waals surface area (Å²) in [4.78, 5) is 26.3. The maximum Gasteiger partial charge on any atom is 0.250 e. The van der Waals surface area contributed by atoms with Crippen molar-refractivity contribution < 1.29 is 9.59 Å². The highest BCUT2D eigenvalue weighted by Gasteiger charge is 2.22. The maximum absolute atomic E-state index is 11.4. The SMILES string of the molecule is NC(=O)c1ccc(NCCCC(=O)NC2CC2)nc1. The molecular formula is C13H18N4O2. The fourth-order valence-electron chi connectivity index (χ4n) is 1.64. The highest BCUT2D eigenvalue weighted by Crippen LogP contribution is 2.18. The molecule has 1 aromatic heterocycles. The van der Waals surface area contributed by atoms with Crippen LogP contribution in [0.4, 0.5) is 5.82 Å². The molecule has 0 atom stereocenters. The minimum atomic E-state index is -0.490. The van der Waals surface area contributed by atoms with Crippen LogP contribution in [0.25, 0.3) is 0 Å². The van der Waals surface area contributed by atoms with Crippen molar-refractivity contribution in [3.05, 3.63) is 23.9 Å². The van der Waals surface area contributed by atoms with E-state index in [4.69, 9.17) is 5.73 Å². The summed E-state index contributed by atoms with van der Waals surface area (Å²) in [6.45, 7) is 0.668. The Labute approximate surface area is 111 Å². The summed E-state index contributed by atoms with van der Waals surface area (Å²) in [6, 6.07) is 3.74. The average Bonchev–Trinajstić information content (AvgIpc) is 3.19. The van der Waals surface area contributed by atoms with Gasteiger partial charge in [0.25, 0.3) is 0 Å². The number of rotatable bonds is 7. The number of primary amides is 1. The molecule has 0 saturated heterocycles. The Hall–Kier alpha value is -2.11. The number of nitrogens with one attached hydrogen (secondary N) is 2. The van der Waals surface area contributed by atoms with Crippen LogP contribution in [0.5, 0.6) is 0 Å². The lowest BCUT2D eigenvalue weighted by molar-refractivity contribution is -0.121. The van der Waals surface area contributed by atoms with Crippen LogP contribution in [0.3, 0.4) is 0 Å². The molecular weight excluding hydrogens is 244 g/mol.